The number of hydrogen-bond acceptors (Lipinski definition) is 0. The van der Waals surface area contributed by atoms with Gasteiger partial charge in [-0.05, 0) is 42.9 Å². The molecule has 1 atom stereocenters. The summed E-state index contributed by atoms with van der Waals surface area (Å²) in [6, 6.07) is 0. The molecule has 1 aliphatic rings. The molecule has 1 saturated carbocycles. The number of rotatable bonds is 8. The van der Waals surface area contributed by atoms with E-state index in [9.17, 15) is 0 Å². The van der Waals surface area contributed by atoms with Crippen molar-refractivity contribution < 1.29 is 0 Å². The fraction of sp³-hybridized carbons (Fsp3) is 1.00. The molecule has 0 amide bonds. The molecular formula is C15H30. The van der Waals surface area contributed by atoms with Gasteiger partial charge in [-0.1, -0.05) is 53.4 Å². The molecule has 0 aromatic heterocycles. The van der Waals surface area contributed by atoms with Gasteiger partial charge in [-0.15, -0.1) is 0 Å². The lowest BCUT2D eigenvalue weighted by atomic mass is 9.84. The fourth-order valence-corrected chi connectivity index (χ4v) is 2.77. The molecule has 0 aliphatic heterocycles. The van der Waals surface area contributed by atoms with Crippen LogP contribution in [0.2, 0.25) is 0 Å². The van der Waals surface area contributed by atoms with Gasteiger partial charge >= 0.3 is 0 Å². The Balaban J connectivity index is 2.24. The molecule has 0 aromatic carbocycles. The van der Waals surface area contributed by atoms with Crippen LogP contribution in [-0.4, -0.2) is 0 Å². The Bertz CT molecular complexity index is 165. The Labute approximate surface area is 96.8 Å². The first kappa shape index (κ1) is 13.1. The van der Waals surface area contributed by atoms with E-state index in [1.807, 2.05) is 0 Å². The smallest absolute Gasteiger partial charge is 0.0323 e. The zero-order chi connectivity index (χ0) is 11.3. The zero-order valence-electron chi connectivity index (χ0n) is 11.3. The second-order valence-electron chi connectivity index (χ2n) is 6.51. The third-order valence-electron chi connectivity index (χ3n) is 3.91. The molecule has 0 heteroatoms. The van der Waals surface area contributed by atoms with Crippen molar-refractivity contribution >= 4 is 0 Å². The van der Waals surface area contributed by atoms with E-state index in [1.54, 1.807) is 0 Å². The molecule has 0 saturated heterocycles. The minimum atomic E-state index is 0.756. The third kappa shape index (κ3) is 5.58. The summed E-state index contributed by atoms with van der Waals surface area (Å²) in [4.78, 5) is 0. The molecular weight excluding hydrogens is 180 g/mol. The predicted molar refractivity (Wildman–Crippen MR) is 69.0 cm³/mol. The maximum atomic E-state index is 2.49. The van der Waals surface area contributed by atoms with E-state index in [0.29, 0.717) is 0 Å². The van der Waals surface area contributed by atoms with Gasteiger partial charge in [0.05, 0.1) is 0 Å². The topological polar surface area (TPSA) is 0 Å². The summed E-state index contributed by atoms with van der Waals surface area (Å²) >= 11 is 0. The normalized spacial score (nSPS) is 20.6. The van der Waals surface area contributed by atoms with Gasteiger partial charge in [-0.3, -0.25) is 0 Å². The van der Waals surface area contributed by atoms with Gasteiger partial charge in [0.15, 0.2) is 0 Å². The Morgan fingerprint density at radius 2 is 1.80 bits per heavy atom. The molecule has 0 spiro atoms. The first-order chi connectivity index (χ1) is 7.06. The molecule has 1 fully saturated rings. The maximum Gasteiger partial charge on any atom is -0.0323 e. The lowest BCUT2D eigenvalue weighted by molar-refractivity contribution is 0.296. The highest BCUT2D eigenvalue weighted by Gasteiger charge is 2.38. The van der Waals surface area contributed by atoms with Crippen LogP contribution in [0.15, 0.2) is 0 Å². The van der Waals surface area contributed by atoms with Crippen molar-refractivity contribution in [3.05, 3.63) is 0 Å². The van der Waals surface area contributed by atoms with E-state index in [2.05, 4.69) is 27.7 Å². The monoisotopic (exact) mass is 210 g/mol. The van der Waals surface area contributed by atoms with Crippen LogP contribution in [0.1, 0.15) is 79.1 Å². The third-order valence-corrected chi connectivity index (χ3v) is 3.91. The van der Waals surface area contributed by atoms with E-state index in [0.717, 1.165) is 17.3 Å². The van der Waals surface area contributed by atoms with E-state index >= 15 is 0 Å². The van der Waals surface area contributed by atoms with E-state index in [4.69, 9.17) is 0 Å². The van der Waals surface area contributed by atoms with Crippen molar-refractivity contribution in [3.63, 3.8) is 0 Å². The van der Waals surface area contributed by atoms with Crippen LogP contribution in [0.4, 0.5) is 0 Å². The molecule has 1 aliphatic carbocycles. The van der Waals surface area contributed by atoms with Gasteiger partial charge in [0.1, 0.15) is 0 Å². The molecule has 0 aromatic rings. The molecule has 0 bridgehead atoms. The van der Waals surface area contributed by atoms with E-state index in [1.165, 1.54) is 51.4 Å². The van der Waals surface area contributed by atoms with Crippen LogP contribution in [0.25, 0.3) is 0 Å². The molecule has 1 rings (SSSR count). The van der Waals surface area contributed by atoms with Crippen LogP contribution in [-0.2, 0) is 0 Å². The Morgan fingerprint density at radius 1 is 1.13 bits per heavy atom. The quantitative estimate of drug-likeness (QED) is 0.469. The molecule has 0 N–H and O–H groups in total. The van der Waals surface area contributed by atoms with Crippen LogP contribution in [0, 0.1) is 17.3 Å². The van der Waals surface area contributed by atoms with Crippen molar-refractivity contribution in [3.8, 4) is 0 Å². The second-order valence-corrected chi connectivity index (χ2v) is 6.51. The molecule has 90 valence electrons. The fourth-order valence-electron chi connectivity index (χ4n) is 2.77. The first-order valence-corrected chi connectivity index (χ1v) is 7.06. The van der Waals surface area contributed by atoms with Crippen molar-refractivity contribution in [2.45, 2.75) is 79.1 Å². The molecule has 1 unspecified atom stereocenters. The maximum absolute atomic E-state index is 2.49. The molecule has 0 radical (unpaired) electrons. The standard InChI is InChI=1S/C15H30/c1-5-6-7-8-14(11-13(2)3)12-15(4)9-10-15/h13-14H,5-12H2,1-4H3. The van der Waals surface area contributed by atoms with Crippen molar-refractivity contribution in [2.75, 3.05) is 0 Å². The van der Waals surface area contributed by atoms with Crippen LogP contribution >= 0.6 is 0 Å². The van der Waals surface area contributed by atoms with Gasteiger partial charge < -0.3 is 0 Å². The summed E-state index contributed by atoms with van der Waals surface area (Å²) < 4.78 is 0. The SMILES string of the molecule is CCCCCC(CC(C)C)CC1(C)CC1. The summed E-state index contributed by atoms with van der Waals surface area (Å²) in [5.41, 5.74) is 0.756. The summed E-state index contributed by atoms with van der Waals surface area (Å²) in [6.45, 7) is 9.55. The molecule has 0 heterocycles. The highest BCUT2D eigenvalue weighted by atomic mass is 14.4. The van der Waals surface area contributed by atoms with Crippen LogP contribution in [0.3, 0.4) is 0 Å². The minimum Gasteiger partial charge on any atom is -0.0654 e. The van der Waals surface area contributed by atoms with Gasteiger partial charge in [-0.25, -0.2) is 0 Å². The average Bonchev–Trinajstić information content (AvgIpc) is 2.82. The van der Waals surface area contributed by atoms with Gasteiger partial charge in [-0.2, -0.15) is 0 Å². The van der Waals surface area contributed by atoms with Crippen molar-refractivity contribution in [1.82, 2.24) is 0 Å². The largest absolute Gasteiger partial charge is 0.0654 e. The zero-order valence-corrected chi connectivity index (χ0v) is 11.3. The summed E-state index contributed by atoms with van der Waals surface area (Å²) in [7, 11) is 0. The molecule has 15 heavy (non-hydrogen) atoms. The summed E-state index contributed by atoms with van der Waals surface area (Å²) in [5.74, 6) is 1.91. The average molecular weight is 210 g/mol. The highest BCUT2D eigenvalue weighted by Crippen LogP contribution is 2.51. The Kier molecular flexibility index (Phi) is 5.15. The first-order valence-electron chi connectivity index (χ1n) is 7.06. The second kappa shape index (κ2) is 5.92. The number of unbranched alkanes of at least 4 members (excludes halogenated alkanes) is 2. The number of hydrogen-bond donors (Lipinski definition) is 0. The Morgan fingerprint density at radius 3 is 2.27 bits per heavy atom. The van der Waals surface area contributed by atoms with E-state index in [-0.39, 0.29) is 0 Å². The van der Waals surface area contributed by atoms with Crippen molar-refractivity contribution in [1.29, 1.82) is 0 Å². The lowest BCUT2D eigenvalue weighted by Gasteiger charge is -2.22. The van der Waals surface area contributed by atoms with Crippen LogP contribution < -0.4 is 0 Å². The van der Waals surface area contributed by atoms with Gasteiger partial charge in [0, 0.05) is 0 Å². The minimum absolute atomic E-state index is 0.756. The summed E-state index contributed by atoms with van der Waals surface area (Å²) in [5, 5.41) is 0. The van der Waals surface area contributed by atoms with Gasteiger partial charge in [0.2, 0.25) is 0 Å². The highest BCUT2D eigenvalue weighted by molar-refractivity contribution is 4.90. The Hall–Kier alpha value is 0. The van der Waals surface area contributed by atoms with E-state index < -0.39 is 0 Å². The van der Waals surface area contributed by atoms with Gasteiger partial charge in [0.25, 0.3) is 0 Å². The van der Waals surface area contributed by atoms with Crippen molar-refractivity contribution in [2.24, 2.45) is 17.3 Å². The lowest BCUT2D eigenvalue weighted by Crippen LogP contribution is -2.10. The predicted octanol–water partition coefficient (Wildman–Crippen LogP) is 5.42. The van der Waals surface area contributed by atoms with Crippen LogP contribution in [0.5, 0.6) is 0 Å². The molecule has 0 nitrogen and oxygen atoms in total. The summed E-state index contributed by atoms with van der Waals surface area (Å²) in [6.07, 6.45) is 11.7.